The zero-order valence-electron chi connectivity index (χ0n) is 18.8. The quantitative estimate of drug-likeness (QED) is 0.679. The van der Waals surface area contributed by atoms with Crippen molar-refractivity contribution in [1.82, 2.24) is 10.2 Å². The third-order valence-electron chi connectivity index (χ3n) is 8.24. The highest BCUT2D eigenvalue weighted by Crippen LogP contribution is 2.51. The topological polar surface area (TPSA) is 32.3 Å². The smallest absolute Gasteiger partial charge is 0.220 e. The first-order valence-corrected chi connectivity index (χ1v) is 12.2. The van der Waals surface area contributed by atoms with Crippen LogP contribution in [0.15, 0.2) is 24.3 Å². The predicted molar refractivity (Wildman–Crippen MR) is 120 cm³/mol. The molecule has 0 radical (unpaired) electrons. The van der Waals surface area contributed by atoms with Crippen LogP contribution in [0.1, 0.15) is 95.7 Å². The van der Waals surface area contributed by atoms with E-state index < -0.39 is 0 Å². The van der Waals surface area contributed by atoms with Gasteiger partial charge in [-0.05, 0) is 81.0 Å². The molecule has 1 amide bonds. The van der Waals surface area contributed by atoms with Crippen molar-refractivity contribution in [3.8, 4) is 0 Å². The summed E-state index contributed by atoms with van der Waals surface area (Å²) < 4.78 is 0. The number of hydrogen-bond acceptors (Lipinski definition) is 2. The van der Waals surface area contributed by atoms with Crippen molar-refractivity contribution in [2.24, 2.45) is 11.8 Å². The summed E-state index contributed by atoms with van der Waals surface area (Å²) in [5, 5.41) is 3.35. The Morgan fingerprint density at radius 1 is 1.21 bits per heavy atom. The number of rotatable bonds is 6. The van der Waals surface area contributed by atoms with Crippen LogP contribution in [0.5, 0.6) is 0 Å². The number of fused-ring (bicyclic) bond motifs is 2. The lowest BCUT2D eigenvalue weighted by Gasteiger charge is -2.45. The van der Waals surface area contributed by atoms with Gasteiger partial charge in [-0.3, -0.25) is 4.79 Å². The molecule has 2 aliphatic carbocycles. The number of nitrogens with one attached hydrogen (secondary N) is 1. The molecule has 2 fully saturated rings. The molecule has 1 unspecified atom stereocenters. The standard InChI is InChI=1S/C26H40N2O/c1-4-8-25(29)27-23-18-26(22-10-7-6-9-21(22)23)13-15-28(16-14-26)24(5-2)20-12-11-19(3)17-20/h6-7,9-10,19-20,23-24H,4-5,8,11-18H2,1-3H3,(H,27,29)/t19?,20-,23+,24-/m1/s1. The normalized spacial score (nSPS) is 29.7. The maximum absolute atomic E-state index is 12.3. The molecule has 4 atom stereocenters. The summed E-state index contributed by atoms with van der Waals surface area (Å²) in [5.41, 5.74) is 3.16. The van der Waals surface area contributed by atoms with Gasteiger partial charge in [0.05, 0.1) is 6.04 Å². The lowest BCUT2D eigenvalue weighted by atomic mass is 9.73. The summed E-state index contributed by atoms with van der Waals surface area (Å²) in [5.74, 6) is 2.03. The first-order valence-electron chi connectivity index (χ1n) is 12.2. The van der Waals surface area contributed by atoms with E-state index in [0.717, 1.165) is 30.7 Å². The average Bonchev–Trinajstić information content (AvgIpc) is 3.27. The number of likely N-dealkylation sites (tertiary alicyclic amines) is 1. The molecule has 1 heterocycles. The fourth-order valence-electron chi connectivity index (χ4n) is 6.76. The molecule has 0 aromatic heterocycles. The van der Waals surface area contributed by atoms with E-state index >= 15 is 0 Å². The Hall–Kier alpha value is -1.35. The minimum absolute atomic E-state index is 0.203. The number of carbonyl (C=O) groups is 1. The molecule has 4 rings (SSSR count). The van der Waals surface area contributed by atoms with E-state index in [-0.39, 0.29) is 17.4 Å². The van der Waals surface area contributed by atoms with Crippen LogP contribution in [0.4, 0.5) is 0 Å². The van der Waals surface area contributed by atoms with Gasteiger partial charge in [0.2, 0.25) is 5.91 Å². The van der Waals surface area contributed by atoms with Crippen molar-refractivity contribution in [3.05, 3.63) is 35.4 Å². The highest BCUT2D eigenvalue weighted by molar-refractivity contribution is 5.76. The van der Waals surface area contributed by atoms with Gasteiger partial charge in [-0.15, -0.1) is 0 Å². The number of piperidine rings is 1. The molecule has 1 aliphatic heterocycles. The first-order chi connectivity index (χ1) is 14.1. The molecule has 1 saturated carbocycles. The zero-order valence-corrected chi connectivity index (χ0v) is 18.8. The lowest BCUT2D eigenvalue weighted by Crippen LogP contribution is -2.48. The maximum atomic E-state index is 12.3. The number of nitrogens with zero attached hydrogens (tertiary/aromatic N) is 1. The number of carbonyl (C=O) groups excluding carboxylic acids is 1. The molecule has 29 heavy (non-hydrogen) atoms. The summed E-state index contributed by atoms with van der Waals surface area (Å²) in [6.07, 6.45) is 10.7. The van der Waals surface area contributed by atoms with Gasteiger partial charge in [0.1, 0.15) is 0 Å². The van der Waals surface area contributed by atoms with E-state index in [1.54, 1.807) is 0 Å². The van der Waals surface area contributed by atoms with Crippen LogP contribution in [0.2, 0.25) is 0 Å². The van der Waals surface area contributed by atoms with Crippen LogP contribution < -0.4 is 5.32 Å². The Balaban J connectivity index is 1.46. The van der Waals surface area contributed by atoms with Crippen molar-refractivity contribution in [2.45, 2.75) is 96.1 Å². The van der Waals surface area contributed by atoms with E-state index in [2.05, 4.69) is 55.3 Å². The molecule has 1 N–H and O–H groups in total. The Morgan fingerprint density at radius 2 is 1.97 bits per heavy atom. The lowest BCUT2D eigenvalue weighted by molar-refractivity contribution is -0.121. The van der Waals surface area contributed by atoms with Gasteiger partial charge < -0.3 is 10.2 Å². The zero-order chi connectivity index (χ0) is 20.4. The minimum Gasteiger partial charge on any atom is -0.349 e. The second kappa shape index (κ2) is 8.79. The Labute approximate surface area is 177 Å². The van der Waals surface area contributed by atoms with Crippen LogP contribution in [0.3, 0.4) is 0 Å². The maximum Gasteiger partial charge on any atom is 0.220 e. The summed E-state index contributed by atoms with van der Waals surface area (Å²) in [4.78, 5) is 15.1. The second-order valence-electron chi connectivity index (χ2n) is 10.1. The molecular formula is C26H40N2O. The number of amides is 1. The molecule has 1 spiro atoms. The second-order valence-corrected chi connectivity index (χ2v) is 10.1. The SMILES string of the molecule is CCCC(=O)N[C@H]1CC2(CCN([C@H](CC)[C@@H]3CCC(C)C3)CC2)c2ccccc21. The van der Waals surface area contributed by atoms with E-state index in [0.29, 0.717) is 6.42 Å². The highest BCUT2D eigenvalue weighted by Gasteiger charge is 2.46. The van der Waals surface area contributed by atoms with Gasteiger partial charge in [0.15, 0.2) is 0 Å². The van der Waals surface area contributed by atoms with Crippen LogP contribution in [-0.4, -0.2) is 29.9 Å². The minimum atomic E-state index is 0.203. The van der Waals surface area contributed by atoms with Crippen LogP contribution in [0.25, 0.3) is 0 Å². The molecule has 160 valence electrons. The van der Waals surface area contributed by atoms with Gasteiger partial charge in [0.25, 0.3) is 0 Å². The Kier molecular flexibility index (Phi) is 6.34. The van der Waals surface area contributed by atoms with E-state index in [4.69, 9.17) is 0 Å². The highest BCUT2D eigenvalue weighted by atomic mass is 16.1. The molecule has 1 aromatic carbocycles. The first kappa shape index (κ1) is 20.9. The number of hydrogen-bond donors (Lipinski definition) is 1. The third-order valence-corrected chi connectivity index (χ3v) is 8.24. The van der Waals surface area contributed by atoms with Gasteiger partial charge in [0, 0.05) is 17.9 Å². The van der Waals surface area contributed by atoms with E-state index in [9.17, 15) is 4.79 Å². The van der Waals surface area contributed by atoms with Gasteiger partial charge >= 0.3 is 0 Å². The molecule has 3 heteroatoms. The van der Waals surface area contributed by atoms with E-state index in [1.807, 2.05) is 0 Å². The summed E-state index contributed by atoms with van der Waals surface area (Å²) in [7, 11) is 0. The Bertz CT molecular complexity index is 706. The largest absolute Gasteiger partial charge is 0.349 e. The van der Waals surface area contributed by atoms with Crippen LogP contribution >= 0.6 is 0 Å². The van der Waals surface area contributed by atoms with Gasteiger partial charge in [-0.25, -0.2) is 0 Å². The molecule has 3 aliphatic rings. The monoisotopic (exact) mass is 396 g/mol. The summed E-state index contributed by atoms with van der Waals surface area (Å²) >= 11 is 0. The van der Waals surface area contributed by atoms with Crippen LogP contribution in [-0.2, 0) is 10.2 Å². The van der Waals surface area contributed by atoms with E-state index in [1.165, 1.54) is 62.7 Å². The fourth-order valence-corrected chi connectivity index (χ4v) is 6.76. The van der Waals surface area contributed by atoms with Crippen molar-refractivity contribution in [1.29, 1.82) is 0 Å². The molecule has 1 saturated heterocycles. The van der Waals surface area contributed by atoms with Crippen molar-refractivity contribution in [2.75, 3.05) is 13.1 Å². The average molecular weight is 397 g/mol. The van der Waals surface area contributed by atoms with Crippen LogP contribution in [0, 0.1) is 11.8 Å². The number of benzene rings is 1. The Morgan fingerprint density at radius 3 is 2.62 bits per heavy atom. The predicted octanol–water partition coefficient (Wildman–Crippen LogP) is 5.60. The van der Waals surface area contributed by atoms with Crippen molar-refractivity contribution < 1.29 is 4.79 Å². The molecule has 3 nitrogen and oxygen atoms in total. The van der Waals surface area contributed by atoms with Crippen molar-refractivity contribution in [3.63, 3.8) is 0 Å². The molecule has 0 bridgehead atoms. The third kappa shape index (κ3) is 4.13. The van der Waals surface area contributed by atoms with Gasteiger partial charge in [-0.2, -0.15) is 0 Å². The fraction of sp³-hybridized carbons (Fsp3) is 0.731. The molecule has 1 aromatic rings. The molecular weight excluding hydrogens is 356 g/mol. The summed E-state index contributed by atoms with van der Waals surface area (Å²) in [6.45, 7) is 9.33. The summed E-state index contributed by atoms with van der Waals surface area (Å²) in [6, 6.07) is 9.90. The van der Waals surface area contributed by atoms with Gasteiger partial charge in [-0.1, -0.05) is 51.5 Å². The van der Waals surface area contributed by atoms with Crippen molar-refractivity contribution >= 4 is 5.91 Å².